The summed E-state index contributed by atoms with van der Waals surface area (Å²) >= 11 is 6.77. The molecule has 0 saturated heterocycles. The average molecular weight is 311 g/mol. The van der Waals surface area contributed by atoms with Crippen molar-refractivity contribution in [3.63, 3.8) is 0 Å². The summed E-state index contributed by atoms with van der Waals surface area (Å²) in [4.78, 5) is 4.78. The lowest BCUT2D eigenvalue weighted by Crippen LogP contribution is -2.09. The molecule has 0 aliphatic carbocycles. The zero-order valence-corrected chi connectivity index (χ0v) is 14.1. The summed E-state index contributed by atoms with van der Waals surface area (Å²) in [7, 11) is 0. The maximum atomic E-state index is 5.62. The van der Waals surface area contributed by atoms with E-state index in [1.165, 1.54) is 51.4 Å². The van der Waals surface area contributed by atoms with Crippen LogP contribution in [0.15, 0.2) is 23.4 Å². The van der Waals surface area contributed by atoms with E-state index in [0.29, 0.717) is 4.99 Å². The molecule has 0 saturated carbocycles. The number of pyridine rings is 1. The van der Waals surface area contributed by atoms with Gasteiger partial charge >= 0.3 is 0 Å². The molecule has 20 heavy (non-hydrogen) atoms. The van der Waals surface area contributed by atoms with Crippen molar-refractivity contribution in [1.29, 1.82) is 0 Å². The van der Waals surface area contributed by atoms with Gasteiger partial charge < -0.3 is 5.73 Å². The number of nitrogens with two attached hydrogens (primary N) is 1. The van der Waals surface area contributed by atoms with Gasteiger partial charge in [0.1, 0.15) is 4.99 Å². The van der Waals surface area contributed by atoms with Crippen molar-refractivity contribution in [1.82, 2.24) is 4.98 Å². The molecule has 2 N–H and O–H groups in total. The Kier molecular flexibility index (Phi) is 9.67. The number of hydrogen-bond donors (Lipinski definition) is 1. The first kappa shape index (κ1) is 17.4. The molecule has 0 radical (unpaired) electrons. The third kappa shape index (κ3) is 7.85. The van der Waals surface area contributed by atoms with Gasteiger partial charge in [0, 0.05) is 11.8 Å². The molecule has 1 aromatic rings. The molecule has 0 unspecified atom stereocenters. The van der Waals surface area contributed by atoms with Gasteiger partial charge in [-0.2, -0.15) is 0 Å². The van der Waals surface area contributed by atoms with Crippen LogP contribution in [0.5, 0.6) is 0 Å². The Labute approximate surface area is 132 Å². The molecule has 0 fully saturated rings. The normalized spacial score (nSPS) is 10.7. The van der Waals surface area contributed by atoms with Gasteiger partial charge in [-0.25, -0.2) is 4.98 Å². The molecular weight excluding hydrogens is 284 g/mol. The number of thioether (sulfide) groups is 1. The SMILES string of the molecule is CCCCCCCCCCSc1cc(C(N)=S)ccn1. The third-order valence-corrected chi connectivity index (χ3v) is 4.51. The van der Waals surface area contributed by atoms with Crippen molar-refractivity contribution in [2.75, 3.05) is 5.75 Å². The quantitative estimate of drug-likeness (QED) is 0.356. The summed E-state index contributed by atoms with van der Waals surface area (Å²) in [6.45, 7) is 2.26. The van der Waals surface area contributed by atoms with Crippen LogP contribution >= 0.6 is 24.0 Å². The van der Waals surface area contributed by atoms with Crippen molar-refractivity contribution in [2.24, 2.45) is 5.73 Å². The average Bonchev–Trinajstić information content (AvgIpc) is 2.46. The number of aromatic nitrogens is 1. The zero-order valence-electron chi connectivity index (χ0n) is 12.4. The van der Waals surface area contributed by atoms with Crippen LogP contribution in [0, 0.1) is 0 Å². The molecule has 0 aromatic carbocycles. The molecule has 4 heteroatoms. The van der Waals surface area contributed by atoms with Gasteiger partial charge in [-0.3, -0.25) is 0 Å². The minimum absolute atomic E-state index is 0.446. The van der Waals surface area contributed by atoms with Crippen LogP contribution in [0.4, 0.5) is 0 Å². The summed E-state index contributed by atoms with van der Waals surface area (Å²) in [5.74, 6) is 1.13. The Morgan fingerprint density at radius 1 is 1.15 bits per heavy atom. The van der Waals surface area contributed by atoms with Gasteiger partial charge in [0.25, 0.3) is 0 Å². The predicted octanol–water partition coefficient (Wildman–Crippen LogP) is 4.95. The second-order valence-electron chi connectivity index (χ2n) is 5.07. The van der Waals surface area contributed by atoms with Crippen LogP contribution in [0.1, 0.15) is 63.9 Å². The van der Waals surface area contributed by atoms with Crippen molar-refractivity contribution in [3.05, 3.63) is 23.9 Å². The molecule has 112 valence electrons. The minimum Gasteiger partial charge on any atom is -0.389 e. The van der Waals surface area contributed by atoms with Gasteiger partial charge in [0.2, 0.25) is 0 Å². The smallest absolute Gasteiger partial charge is 0.104 e. The molecule has 0 bridgehead atoms. The Balaban J connectivity index is 2.06. The maximum Gasteiger partial charge on any atom is 0.104 e. The van der Waals surface area contributed by atoms with Crippen molar-refractivity contribution in [2.45, 2.75) is 63.3 Å². The fourth-order valence-corrected chi connectivity index (χ4v) is 3.08. The highest BCUT2D eigenvalue weighted by atomic mass is 32.2. The third-order valence-electron chi connectivity index (χ3n) is 3.27. The lowest BCUT2D eigenvalue weighted by atomic mass is 10.1. The van der Waals surface area contributed by atoms with E-state index in [9.17, 15) is 0 Å². The molecule has 2 nitrogen and oxygen atoms in total. The second-order valence-corrected chi connectivity index (χ2v) is 6.63. The van der Waals surface area contributed by atoms with E-state index in [1.54, 1.807) is 18.0 Å². The Bertz CT molecular complexity index is 394. The number of thiocarbonyl (C=S) groups is 1. The Morgan fingerprint density at radius 2 is 1.80 bits per heavy atom. The molecular formula is C16H26N2S2. The largest absolute Gasteiger partial charge is 0.389 e. The van der Waals surface area contributed by atoms with Crippen LogP contribution in [0.25, 0.3) is 0 Å². The van der Waals surface area contributed by atoms with Crippen LogP contribution in [0.3, 0.4) is 0 Å². The van der Waals surface area contributed by atoms with Crippen LogP contribution in [-0.2, 0) is 0 Å². The van der Waals surface area contributed by atoms with Crippen molar-refractivity contribution >= 4 is 29.0 Å². The number of hydrogen-bond acceptors (Lipinski definition) is 3. The fourth-order valence-electron chi connectivity index (χ4n) is 2.05. The number of nitrogens with zero attached hydrogens (tertiary/aromatic N) is 1. The van der Waals surface area contributed by atoms with E-state index in [0.717, 1.165) is 16.3 Å². The summed E-state index contributed by atoms with van der Waals surface area (Å²) < 4.78 is 0. The van der Waals surface area contributed by atoms with Crippen LogP contribution in [-0.4, -0.2) is 15.7 Å². The molecule has 1 rings (SSSR count). The highest BCUT2D eigenvalue weighted by Crippen LogP contribution is 2.19. The van der Waals surface area contributed by atoms with Gasteiger partial charge in [0.15, 0.2) is 0 Å². The minimum atomic E-state index is 0.446. The lowest BCUT2D eigenvalue weighted by molar-refractivity contribution is 0.586. The zero-order chi connectivity index (χ0) is 14.6. The van der Waals surface area contributed by atoms with Crippen LogP contribution in [0.2, 0.25) is 0 Å². The van der Waals surface area contributed by atoms with E-state index in [2.05, 4.69) is 11.9 Å². The fraction of sp³-hybridized carbons (Fsp3) is 0.625. The highest BCUT2D eigenvalue weighted by molar-refractivity contribution is 7.99. The first-order valence-electron chi connectivity index (χ1n) is 7.62. The van der Waals surface area contributed by atoms with E-state index < -0.39 is 0 Å². The van der Waals surface area contributed by atoms with E-state index in [-0.39, 0.29) is 0 Å². The van der Waals surface area contributed by atoms with Gasteiger partial charge in [-0.1, -0.05) is 64.1 Å². The maximum absolute atomic E-state index is 5.62. The first-order chi connectivity index (χ1) is 9.74. The number of rotatable bonds is 11. The Morgan fingerprint density at radius 3 is 2.45 bits per heavy atom. The highest BCUT2D eigenvalue weighted by Gasteiger charge is 2.00. The second kappa shape index (κ2) is 11.1. The monoisotopic (exact) mass is 310 g/mol. The van der Waals surface area contributed by atoms with Gasteiger partial charge in [-0.15, -0.1) is 11.8 Å². The van der Waals surface area contributed by atoms with Crippen molar-refractivity contribution in [3.8, 4) is 0 Å². The van der Waals surface area contributed by atoms with Crippen LogP contribution < -0.4 is 5.73 Å². The van der Waals surface area contributed by atoms with E-state index >= 15 is 0 Å². The lowest BCUT2D eigenvalue weighted by Gasteiger charge is -2.04. The Hall–Kier alpha value is -0.610. The molecule has 0 amide bonds. The number of unbranched alkanes of at least 4 members (excludes halogenated alkanes) is 7. The predicted molar refractivity (Wildman–Crippen MR) is 93.5 cm³/mol. The molecule has 0 aliphatic rings. The molecule has 1 aromatic heterocycles. The standard InChI is InChI=1S/C16H26N2S2/c1-2-3-4-5-6-7-8-9-12-20-15-13-14(16(17)19)10-11-18-15/h10-11,13H,2-9,12H2,1H3,(H2,17,19). The molecule has 0 spiro atoms. The summed E-state index contributed by atoms with van der Waals surface area (Å²) in [5, 5.41) is 1.03. The van der Waals surface area contributed by atoms with E-state index in [1.807, 2.05) is 12.1 Å². The summed E-state index contributed by atoms with van der Waals surface area (Å²) in [6, 6.07) is 3.85. The first-order valence-corrected chi connectivity index (χ1v) is 9.02. The van der Waals surface area contributed by atoms with Crippen molar-refractivity contribution < 1.29 is 0 Å². The van der Waals surface area contributed by atoms with E-state index in [4.69, 9.17) is 18.0 Å². The van der Waals surface area contributed by atoms with Gasteiger partial charge in [-0.05, 0) is 24.3 Å². The molecule has 1 heterocycles. The molecule has 0 atom stereocenters. The summed E-state index contributed by atoms with van der Waals surface area (Å²) in [6.07, 6.45) is 12.6. The topological polar surface area (TPSA) is 38.9 Å². The summed E-state index contributed by atoms with van der Waals surface area (Å²) in [5.41, 5.74) is 6.53. The van der Waals surface area contributed by atoms with Gasteiger partial charge in [0.05, 0.1) is 5.03 Å². The molecule has 0 aliphatic heterocycles.